The molecule has 0 bridgehead atoms. The molecule has 0 saturated carbocycles. The van der Waals surface area contributed by atoms with Crippen LogP contribution in [0.3, 0.4) is 0 Å². The molecule has 1 radical (unpaired) electrons. The first-order chi connectivity index (χ1) is 5.99. The predicted molar refractivity (Wildman–Crippen MR) is 54.2 cm³/mol. The highest BCUT2D eigenvalue weighted by Gasteiger charge is 2.10. The van der Waals surface area contributed by atoms with E-state index in [0.717, 1.165) is 5.56 Å². The lowest BCUT2D eigenvalue weighted by molar-refractivity contribution is -0.0146. The topological polar surface area (TPSA) is 35.2 Å². The van der Waals surface area contributed by atoms with Crippen molar-refractivity contribution in [2.24, 2.45) is 0 Å². The summed E-state index contributed by atoms with van der Waals surface area (Å²) in [6.07, 6.45) is 0. The third kappa shape index (κ3) is 3.47. The van der Waals surface area contributed by atoms with Gasteiger partial charge in [0.2, 0.25) is 0 Å². The number of rotatable bonds is 2. The minimum Gasteiger partial charge on any atom is -0.398 e. The highest BCUT2D eigenvalue weighted by atomic mass is 16.5. The van der Waals surface area contributed by atoms with Gasteiger partial charge in [-0.1, -0.05) is 18.2 Å². The number of hydrogen-bond donors (Lipinski definition) is 1. The average molecular weight is 178 g/mol. The van der Waals surface area contributed by atoms with Crippen LogP contribution in [0, 0.1) is 6.07 Å². The molecule has 0 aliphatic heterocycles. The smallest absolute Gasteiger partial charge is 0.0744 e. The summed E-state index contributed by atoms with van der Waals surface area (Å²) in [6, 6.07) is 8.61. The molecule has 71 valence electrons. The van der Waals surface area contributed by atoms with Gasteiger partial charge in [-0.3, -0.25) is 0 Å². The highest BCUT2D eigenvalue weighted by molar-refractivity contribution is 5.44. The maximum absolute atomic E-state index is 5.71. The standard InChI is InChI=1S/C11H16NO/c1-11(2,3)13-8-9-6-4-5-7-10(9)12/h4-6H,8,12H2,1-3H3. The Balaban J connectivity index is 2.60. The van der Waals surface area contributed by atoms with Crippen LogP contribution < -0.4 is 5.73 Å². The van der Waals surface area contributed by atoms with Gasteiger partial charge >= 0.3 is 0 Å². The zero-order chi connectivity index (χ0) is 9.90. The molecule has 0 aromatic heterocycles. The maximum atomic E-state index is 5.71. The fourth-order valence-electron chi connectivity index (χ4n) is 0.905. The SMILES string of the molecule is CC(C)(C)OCc1ccc[c]c1N. The molecule has 0 atom stereocenters. The van der Waals surface area contributed by atoms with E-state index in [0.29, 0.717) is 12.3 Å². The average Bonchev–Trinajstić information content (AvgIpc) is 2.01. The second-order valence-electron chi connectivity index (χ2n) is 4.01. The van der Waals surface area contributed by atoms with E-state index in [2.05, 4.69) is 6.07 Å². The molecule has 2 nitrogen and oxygen atoms in total. The van der Waals surface area contributed by atoms with E-state index in [1.54, 1.807) is 6.07 Å². The van der Waals surface area contributed by atoms with Gasteiger partial charge in [-0.25, -0.2) is 0 Å². The number of para-hydroxylation sites is 1. The zero-order valence-corrected chi connectivity index (χ0v) is 8.42. The summed E-state index contributed by atoms with van der Waals surface area (Å²) >= 11 is 0. The lowest BCUT2D eigenvalue weighted by atomic mass is 10.1. The van der Waals surface area contributed by atoms with Gasteiger partial charge < -0.3 is 10.5 Å². The lowest BCUT2D eigenvalue weighted by Gasteiger charge is -2.19. The minimum atomic E-state index is -0.123. The second kappa shape index (κ2) is 3.79. The van der Waals surface area contributed by atoms with Gasteiger partial charge in [0.15, 0.2) is 0 Å². The van der Waals surface area contributed by atoms with Gasteiger partial charge in [-0.15, -0.1) is 0 Å². The Bertz CT molecular complexity index is 276. The maximum Gasteiger partial charge on any atom is 0.0744 e. The van der Waals surface area contributed by atoms with Crippen molar-refractivity contribution in [3.05, 3.63) is 29.8 Å². The first-order valence-corrected chi connectivity index (χ1v) is 4.38. The molecular weight excluding hydrogens is 162 g/mol. The van der Waals surface area contributed by atoms with Gasteiger partial charge in [0.1, 0.15) is 0 Å². The molecule has 1 rings (SSSR count). The molecule has 0 aliphatic rings. The van der Waals surface area contributed by atoms with Crippen LogP contribution in [-0.4, -0.2) is 5.60 Å². The van der Waals surface area contributed by atoms with E-state index in [-0.39, 0.29) is 5.60 Å². The van der Waals surface area contributed by atoms with Crippen LogP contribution >= 0.6 is 0 Å². The molecule has 0 fully saturated rings. The largest absolute Gasteiger partial charge is 0.398 e. The van der Waals surface area contributed by atoms with Gasteiger partial charge in [0.25, 0.3) is 0 Å². The Morgan fingerprint density at radius 3 is 2.69 bits per heavy atom. The van der Waals surface area contributed by atoms with Crippen LogP contribution in [0.4, 0.5) is 5.69 Å². The highest BCUT2D eigenvalue weighted by Crippen LogP contribution is 2.15. The van der Waals surface area contributed by atoms with Crippen molar-refractivity contribution >= 4 is 5.69 Å². The molecule has 0 aliphatic carbocycles. The van der Waals surface area contributed by atoms with Crippen LogP contribution in [0.25, 0.3) is 0 Å². The van der Waals surface area contributed by atoms with E-state index in [1.165, 1.54) is 0 Å². The molecule has 0 heterocycles. The minimum absolute atomic E-state index is 0.123. The zero-order valence-electron chi connectivity index (χ0n) is 8.42. The molecule has 0 amide bonds. The Labute approximate surface area is 79.7 Å². The summed E-state index contributed by atoms with van der Waals surface area (Å²) < 4.78 is 5.60. The normalized spacial score (nSPS) is 11.6. The summed E-state index contributed by atoms with van der Waals surface area (Å²) in [5.74, 6) is 0. The number of ether oxygens (including phenoxy) is 1. The Morgan fingerprint density at radius 1 is 1.46 bits per heavy atom. The number of benzene rings is 1. The van der Waals surface area contributed by atoms with Gasteiger partial charge in [-0.05, 0) is 20.8 Å². The molecule has 13 heavy (non-hydrogen) atoms. The van der Waals surface area contributed by atoms with E-state index in [1.807, 2.05) is 32.9 Å². The Morgan fingerprint density at radius 2 is 2.15 bits per heavy atom. The Hall–Kier alpha value is -1.02. The number of anilines is 1. The summed E-state index contributed by atoms with van der Waals surface area (Å²) in [5.41, 5.74) is 7.26. The fourth-order valence-corrected chi connectivity index (χ4v) is 0.905. The molecule has 1 aromatic carbocycles. The molecule has 2 heteroatoms. The third-order valence-electron chi connectivity index (χ3n) is 1.64. The van der Waals surface area contributed by atoms with E-state index in [9.17, 15) is 0 Å². The van der Waals surface area contributed by atoms with Crippen LogP contribution in [0.15, 0.2) is 18.2 Å². The fraction of sp³-hybridized carbons (Fsp3) is 0.455. The van der Waals surface area contributed by atoms with Crippen molar-refractivity contribution in [3.63, 3.8) is 0 Å². The first kappa shape index (κ1) is 10.1. The van der Waals surface area contributed by atoms with Crippen LogP contribution in [-0.2, 0) is 11.3 Å². The monoisotopic (exact) mass is 178 g/mol. The van der Waals surface area contributed by atoms with Crippen LogP contribution in [0.1, 0.15) is 26.3 Å². The predicted octanol–water partition coefficient (Wildman–Crippen LogP) is 2.38. The number of hydrogen-bond acceptors (Lipinski definition) is 2. The third-order valence-corrected chi connectivity index (χ3v) is 1.64. The molecular formula is C11H16NO. The van der Waals surface area contributed by atoms with E-state index in [4.69, 9.17) is 10.5 Å². The Kier molecular flexibility index (Phi) is 2.94. The van der Waals surface area contributed by atoms with Crippen molar-refractivity contribution in [1.82, 2.24) is 0 Å². The molecule has 1 aromatic rings. The number of nitrogens with two attached hydrogens (primary N) is 1. The molecule has 0 spiro atoms. The van der Waals surface area contributed by atoms with Crippen LogP contribution in [0.5, 0.6) is 0 Å². The molecule has 2 N–H and O–H groups in total. The van der Waals surface area contributed by atoms with Crippen molar-refractivity contribution < 1.29 is 4.74 Å². The number of nitrogen functional groups attached to an aromatic ring is 1. The van der Waals surface area contributed by atoms with E-state index >= 15 is 0 Å². The second-order valence-corrected chi connectivity index (χ2v) is 4.01. The molecule has 0 unspecified atom stereocenters. The van der Waals surface area contributed by atoms with Crippen molar-refractivity contribution in [3.8, 4) is 0 Å². The van der Waals surface area contributed by atoms with Crippen molar-refractivity contribution in [2.75, 3.05) is 5.73 Å². The van der Waals surface area contributed by atoms with E-state index < -0.39 is 0 Å². The summed E-state index contributed by atoms with van der Waals surface area (Å²) in [6.45, 7) is 6.62. The molecule has 0 saturated heterocycles. The first-order valence-electron chi connectivity index (χ1n) is 4.38. The van der Waals surface area contributed by atoms with Crippen molar-refractivity contribution in [2.45, 2.75) is 33.0 Å². The summed E-state index contributed by atoms with van der Waals surface area (Å²) in [5, 5.41) is 0. The van der Waals surface area contributed by atoms with Gasteiger partial charge in [0, 0.05) is 17.3 Å². The van der Waals surface area contributed by atoms with Gasteiger partial charge in [0.05, 0.1) is 12.2 Å². The summed E-state index contributed by atoms with van der Waals surface area (Å²) in [7, 11) is 0. The lowest BCUT2D eigenvalue weighted by Crippen LogP contribution is -2.19. The van der Waals surface area contributed by atoms with Crippen molar-refractivity contribution in [1.29, 1.82) is 0 Å². The summed E-state index contributed by atoms with van der Waals surface area (Å²) in [4.78, 5) is 0. The van der Waals surface area contributed by atoms with Crippen LogP contribution in [0.2, 0.25) is 0 Å². The quantitative estimate of drug-likeness (QED) is 0.706. The van der Waals surface area contributed by atoms with Gasteiger partial charge in [-0.2, -0.15) is 0 Å².